The fourth-order valence-corrected chi connectivity index (χ4v) is 3.29. The Labute approximate surface area is 120 Å². The third kappa shape index (κ3) is 3.06. The van der Waals surface area contributed by atoms with Crippen molar-refractivity contribution in [2.24, 2.45) is 11.8 Å². The van der Waals surface area contributed by atoms with Gasteiger partial charge in [-0.25, -0.2) is 4.79 Å². The van der Waals surface area contributed by atoms with Crippen LogP contribution >= 0.6 is 0 Å². The lowest BCUT2D eigenvalue weighted by atomic mass is 9.99. The molecule has 2 heterocycles. The number of carbonyl (C=O) groups excluding carboxylic acids is 1. The van der Waals surface area contributed by atoms with Crippen LogP contribution in [0.25, 0.3) is 0 Å². The van der Waals surface area contributed by atoms with Crippen LogP contribution in [-0.2, 0) is 4.79 Å². The molecule has 0 radical (unpaired) electrons. The molecule has 2 aliphatic heterocycles. The van der Waals surface area contributed by atoms with Crippen LogP contribution in [0, 0.1) is 11.8 Å². The summed E-state index contributed by atoms with van der Waals surface area (Å²) in [6, 6.07) is 0.389. The first-order valence-corrected chi connectivity index (χ1v) is 7.33. The molecular formula is C14H25N3O3. The van der Waals surface area contributed by atoms with Gasteiger partial charge in [-0.1, -0.05) is 6.92 Å². The predicted octanol–water partition coefficient (Wildman–Crippen LogP) is 0.785. The summed E-state index contributed by atoms with van der Waals surface area (Å²) in [4.78, 5) is 29.2. The lowest BCUT2D eigenvalue weighted by molar-refractivity contribution is -0.142. The summed E-state index contributed by atoms with van der Waals surface area (Å²) in [5, 5.41) is 9.13. The standard InChI is InChI=1S/C14H25N3O3/c1-10-7-17(9-12(10)13(18)19)14(20)16(3)8-11-5-4-6-15(11)2/h10-12H,4-9H2,1-3H3,(H,18,19)/t10-,11?,12-/m1/s1. The van der Waals surface area contributed by atoms with Gasteiger partial charge < -0.3 is 19.8 Å². The van der Waals surface area contributed by atoms with Crippen molar-refractivity contribution >= 4 is 12.0 Å². The van der Waals surface area contributed by atoms with E-state index >= 15 is 0 Å². The molecule has 6 heteroatoms. The van der Waals surface area contributed by atoms with E-state index in [0.717, 1.165) is 19.5 Å². The summed E-state index contributed by atoms with van der Waals surface area (Å²) in [5.74, 6) is -1.20. The first kappa shape index (κ1) is 15.1. The summed E-state index contributed by atoms with van der Waals surface area (Å²) >= 11 is 0. The molecule has 0 spiro atoms. The number of likely N-dealkylation sites (tertiary alicyclic amines) is 2. The van der Waals surface area contributed by atoms with Gasteiger partial charge in [0.1, 0.15) is 0 Å². The monoisotopic (exact) mass is 283 g/mol. The second-order valence-electron chi connectivity index (χ2n) is 6.27. The van der Waals surface area contributed by atoms with Crippen molar-refractivity contribution in [3.05, 3.63) is 0 Å². The largest absolute Gasteiger partial charge is 0.481 e. The molecule has 1 unspecified atom stereocenters. The first-order valence-electron chi connectivity index (χ1n) is 7.33. The number of nitrogens with zero attached hydrogens (tertiary/aromatic N) is 3. The molecule has 20 heavy (non-hydrogen) atoms. The molecule has 2 amide bonds. The van der Waals surface area contributed by atoms with Crippen molar-refractivity contribution < 1.29 is 14.7 Å². The number of hydrogen-bond donors (Lipinski definition) is 1. The lowest BCUT2D eigenvalue weighted by Crippen LogP contribution is -2.45. The number of carbonyl (C=O) groups is 2. The van der Waals surface area contributed by atoms with E-state index in [1.807, 2.05) is 14.0 Å². The molecule has 2 rings (SSSR count). The molecule has 0 aliphatic carbocycles. The number of rotatable bonds is 3. The maximum absolute atomic E-state index is 12.4. The smallest absolute Gasteiger partial charge is 0.319 e. The van der Waals surface area contributed by atoms with Gasteiger partial charge in [0.2, 0.25) is 0 Å². The quantitative estimate of drug-likeness (QED) is 0.831. The van der Waals surface area contributed by atoms with Gasteiger partial charge in [-0.15, -0.1) is 0 Å². The summed E-state index contributed by atoms with van der Waals surface area (Å²) in [5.41, 5.74) is 0. The number of aliphatic carboxylic acids is 1. The third-order valence-corrected chi connectivity index (χ3v) is 4.68. The summed E-state index contributed by atoms with van der Waals surface area (Å²) in [7, 11) is 3.90. The molecule has 6 nitrogen and oxygen atoms in total. The Hall–Kier alpha value is -1.30. The van der Waals surface area contributed by atoms with Gasteiger partial charge in [0.25, 0.3) is 0 Å². The number of carboxylic acids is 1. The molecule has 114 valence electrons. The van der Waals surface area contributed by atoms with Gasteiger partial charge in [-0.05, 0) is 32.4 Å². The highest BCUT2D eigenvalue weighted by molar-refractivity contribution is 5.77. The molecule has 1 N–H and O–H groups in total. The summed E-state index contributed by atoms with van der Waals surface area (Å²) < 4.78 is 0. The van der Waals surface area contributed by atoms with Crippen LogP contribution in [0.4, 0.5) is 4.79 Å². The summed E-state index contributed by atoms with van der Waals surface area (Å²) in [6.07, 6.45) is 2.31. The lowest BCUT2D eigenvalue weighted by Gasteiger charge is -2.29. The van der Waals surface area contributed by atoms with Crippen LogP contribution in [0.5, 0.6) is 0 Å². The van der Waals surface area contributed by atoms with E-state index in [1.54, 1.807) is 9.80 Å². The first-order chi connectivity index (χ1) is 9.40. The van der Waals surface area contributed by atoms with E-state index in [0.29, 0.717) is 19.1 Å². The molecule has 0 aromatic rings. The van der Waals surface area contributed by atoms with Crippen LogP contribution in [0.15, 0.2) is 0 Å². The third-order valence-electron chi connectivity index (χ3n) is 4.68. The minimum Gasteiger partial charge on any atom is -0.481 e. The predicted molar refractivity (Wildman–Crippen MR) is 75.5 cm³/mol. The minimum absolute atomic E-state index is 0.0269. The highest BCUT2D eigenvalue weighted by Crippen LogP contribution is 2.24. The van der Waals surface area contributed by atoms with E-state index in [-0.39, 0.29) is 11.9 Å². The number of likely N-dealkylation sites (N-methyl/N-ethyl adjacent to an activating group) is 2. The number of carboxylic acid groups (broad SMARTS) is 1. The van der Waals surface area contributed by atoms with Gasteiger partial charge in [-0.2, -0.15) is 0 Å². The normalized spacial score (nSPS) is 30.8. The van der Waals surface area contributed by atoms with Crippen molar-refractivity contribution in [1.82, 2.24) is 14.7 Å². The Bertz CT molecular complexity index is 388. The van der Waals surface area contributed by atoms with Crippen molar-refractivity contribution in [1.29, 1.82) is 0 Å². The van der Waals surface area contributed by atoms with Crippen LogP contribution in [0.2, 0.25) is 0 Å². The van der Waals surface area contributed by atoms with Gasteiger partial charge >= 0.3 is 12.0 Å². The number of amides is 2. The van der Waals surface area contributed by atoms with E-state index < -0.39 is 11.9 Å². The van der Waals surface area contributed by atoms with Crippen LogP contribution in [-0.4, -0.2) is 78.1 Å². The molecule has 0 aromatic heterocycles. The molecule has 3 atom stereocenters. The molecular weight excluding hydrogens is 258 g/mol. The van der Waals surface area contributed by atoms with Gasteiger partial charge in [0.05, 0.1) is 5.92 Å². The van der Waals surface area contributed by atoms with Gasteiger partial charge in [0.15, 0.2) is 0 Å². The molecule has 2 aliphatic rings. The number of urea groups is 1. The van der Waals surface area contributed by atoms with Crippen LogP contribution in [0.1, 0.15) is 19.8 Å². The van der Waals surface area contributed by atoms with E-state index in [1.165, 1.54) is 6.42 Å². The highest BCUT2D eigenvalue weighted by Gasteiger charge is 2.38. The highest BCUT2D eigenvalue weighted by atomic mass is 16.4. The fourth-order valence-electron chi connectivity index (χ4n) is 3.29. The molecule has 2 fully saturated rings. The topological polar surface area (TPSA) is 64.1 Å². The Morgan fingerprint density at radius 3 is 2.55 bits per heavy atom. The zero-order valence-corrected chi connectivity index (χ0v) is 12.6. The molecule has 0 aromatic carbocycles. The van der Waals surface area contributed by atoms with Gasteiger partial charge in [0, 0.05) is 32.7 Å². The molecule has 0 saturated carbocycles. The molecule has 2 saturated heterocycles. The second-order valence-corrected chi connectivity index (χ2v) is 6.27. The van der Waals surface area contributed by atoms with Gasteiger partial charge in [-0.3, -0.25) is 4.79 Å². The Morgan fingerprint density at radius 1 is 1.35 bits per heavy atom. The number of hydrogen-bond acceptors (Lipinski definition) is 3. The summed E-state index contributed by atoms with van der Waals surface area (Å²) in [6.45, 7) is 4.59. The van der Waals surface area contributed by atoms with E-state index in [9.17, 15) is 9.59 Å². The van der Waals surface area contributed by atoms with E-state index in [2.05, 4.69) is 11.9 Å². The SMILES string of the molecule is C[C@@H]1CN(C(=O)N(C)CC2CCCN2C)C[C@H]1C(=O)O. The second kappa shape index (κ2) is 5.99. The van der Waals surface area contributed by atoms with Crippen molar-refractivity contribution in [2.75, 3.05) is 40.3 Å². The Kier molecular flexibility index (Phi) is 4.52. The van der Waals surface area contributed by atoms with Crippen molar-refractivity contribution in [2.45, 2.75) is 25.8 Å². The zero-order chi connectivity index (χ0) is 14.9. The maximum atomic E-state index is 12.4. The Balaban J connectivity index is 1.89. The minimum atomic E-state index is -0.800. The average molecular weight is 283 g/mol. The fraction of sp³-hybridized carbons (Fsp3) is 0.857. The van der Waals surface area contributed by atoms with Crippen LogP contribution in [0.3, 0.4) is 0 Å². The maximum Gasteiger partial charge on any atom is 0.319 e. The van der Waals surface area contributed by atoms with Crippen molar-refractivity contribution in [3.63, 3.8) is 0 Å². The zero-order valence-electron chi connectivity index (χ0n) is 12.6. The molecule has 0 bridgehead atoms. The average Bonchev–Trinajstić information content (AvgIpc) is 2.95. The Morgan fingerprint density at radius 2 is 2.05 bits per heavy atom. The van der Waals surface area contributed by atoms with E-state index in [4.69, 9.17) is 5.11 Å². The van der Waals surface area contributed by atoms with Crippen LogP contribution < -0.4 is 0 Å². The van der Waals surface area contributed by atoms with Crippen molar-refractivity contribution in [3.8, 4) is 0 Å².